The first kappa shape index (κ1) is 9.34. The van der Waals surface area contributed by atoms with Crippen LogP contribution in [0.15, 0.2) is 29.9 Å². The highest BCUT2D eigenvalue weighted by molar-refractivity contribution is 7.13. The molecule has 0 amide bonds. The third kappa shape index (κ3) is 1.82. The summed E-state index contributed by atoms with van der Waals surface area (Å²) in [7, 11) is 0. The zero-order valence-electron chi connectivity index (χ0n) is 8.27. The van der Waals surface area contributed by atoms with Crippen molar-refractivity contribution in [2.45, 2.75) is 19.8 Å². The van der Waals surface area contributed by atoms with Crippen molar-refractivity contribution in [1.29, 1.82) is 0 Å². The second-order valence-corrected chi connectivity index (χ2v) is 4.33. The van der Waals surface area contributed by atoms with Crippen molar-refractivity contribution in [2.75, 3.05) is 0 Å². The zero-order valence-corrected chi connectivity index (χ0v) is 9.08. The van der Waals surface area contributed by atoms with Gasteiger partial charge >= 0.3 is 0 Å². The van der Waals surface area contributed by atoms with E-state index in [4.69, 9.17) is 0 Å². The van der Waals surface area contributed by atoms with E-state index in [1.54, 1.807) is 23.7 Å². The molecule has 0 bridgehead atoms. The van der Waals surface area contributed by atoms with Gasteiger partial charge in [-0.05, 0) is 18.1 Å². The molecule has 2 rings (SSSR count). The van der Waals surface area contributed by atoms with Crippen LogP contribution in [0.5, 0.6) is 0 Å². The van der Waals surface area contributed by atoms with Crippen molar-refractivity contribution in [2.24, 2.45) is 0 Å². The van der Waals surface area contributed by atoms with Crippen LogP contribution >= 0.6 is 11.3 Å². The van der Waals surface area contributed by atoms with Crippen molar-refractivity contribution in [3.8, 4) is 10.6 Å². The average Bonchev–Trinajstić information content (AvgIpc) is 2.68. The molecule has 0 aliphatic heterocycles. The largest absolute Gasteiger partial charge is 0.265 e. The molecule has 72 valence electrons. The maximum Gasteiger partial charge on any atom is 0.123 e. The highest BCUT2D eigenvalue weighted by Gasteiger charge is 2.06. The van der Waals surface area contributed by atoms with Gasteiger partial charge in [0.25, 0.3) is 0 Å². The van der Waals surface area contributed by atoms with Crippen molar-refractivity contribution in [3.05, 3.63) is 35.6 Å². The summed E-state index contributed by atoms with van der Waals surface area (Å²) >= 11 is 1.69. The molecule has 0 unspecified atom stereocenters. The van der Waals surface area contributed by atoms with Gasteiger partial charge in [0.1, 0.15) is 5.01 Å². The maximum atomic E-state index is 4.57. The number of thiazole rings is 1. The van der Waals surface area contributed by atoms with E-state index >= 15 is 0 Å². The molecule has 2 aromatic heterocycles. The Morgan fingerprint density at radius 1 is 1.21 bits per heavy atom. The predicted octanol–water partition coefficient (Wildman–Crippen LogP) is 3.33. The minimum absolute atomic E-state index is 0.502. The van der Waals surface area contributed by atoms with Gasteiger partial charge in [0.2, 0.25) is 0 Å². The summed E-state index contributed by atoms with van der Waals surface area (Å²) in [6.45, 7) is 4.32. The zero-order chi connectivity index (χ0) is 9.97. The van der Waals surface area contributed by atoms with Crippen molar-refractivity contribution < 1.29 is 0 Å². The Morgan fingerprint density at radius 3 is 2.50 bits per heavy atom. The molecule has 0 aromatic carbocycles. The van der Waals surface area contributed by atoms with Crippen LogP contribution in [0.4, 0.5) is 0 Å². The molecule has 2 aromatic rings. The van der Waals surface area contributed by atoms with E-state index in [-0.39, 0.29) is 0 Å². The number of rotatable bonds is 2. The fourth-order valence-electron chi connectivity index (χ4n) is 1.18. The maximum absolute atomic E-state index is 4.57. The molecule has 0 radical (unpaired) electrons. The molecule has 3 heteroatoms. The van der Waals surface area contributed by atoms with Gasteiger partial charge in [0.05, 0.1) is 5.69 Å². The molecule has 0 fully saturated rings. The monoisotopic (exact) mass is 204 g/mol. The summed E-state index contributed by atoms with van der Waals surface area (Å²) in [5.41, 5.74) is 2.32. The number of hydrogen-bond donors (Lipinski definition) is 0. The molecule has 14 heavy (non-hydrogen) atoms. The summed E-state index contributed by atoms with van der Waals surface area (Å²) in [6, 6.07) is 3.98. The average molecular weight is 204 g/mol. The van der Waals surface area contributed by atoms with Gasteiger partial charge in [0.15, 0.2) is 0 Å². The summed E-state index contributed by atoms with van der Waals surface area (Å²) in [5.74, 6) is 0.502. The van der Waals surface area contributed by atoms with E-state index in [1.165, 1.54) is 5.69 Å². The second kappa shape index (κ2) is 3.88. The first-order valence-electron chi connectivity index (χ1n) is 4.63. The van der Waals surface area contributed by atoms with Crippen LogP contribution in [0.1, 0.15) is 25.5 Å². The summed E-state index contributed by atoms with van der Waals surface area (Å²) in [6.07, 6.45) is 3.59. The summed E-state index contributed by atoms with van der Waals surface area (Å²) in [4.78, 5) is 8.56. The molecule has 2 nitrogen and oxygen atoms in total. The minimum Gasteiger partial charge on any atom is -0.265 e. The van der Waals surface area contributed by atoms with Crippen LogP contribution in [0.3, 0.4) is 0 Å². The topological polar surface area (TPSA) is 25.8 Å². The molecule has 0 spiro atoms. The van der Waals surface area contributed by atoms with Gasteiger partial charge in [-0.1, -0.05) is 13.8 Å². The van der Waals surface area contributed by atoms with Crippen LogP contribution in [-0.2, 0) is 0 Å². The van der Waals surface area contributed by atoms with Gasteiger partial charge in [-0.3, -0.25) is 4.98 Å². The number of aromatic nitrogens is 2. The van der Waals surface area contributed by atoms with Crippen LogP contribution in [-0.4, -0.2) is 9.97 Å². The van der Waals surface area contributed by atoms with Crippen LogP contribution in [0, 0.1) is 0 Å². The third-order valence-electron chi connectivity index (χ3n) is 2.04. The Morgan fingerprint density at radius 2 is 1.93 bits per heavy atom. The first-order chi connectivity index (χ1) is 6.77. The molecule has 0 atom stereocenters. The lowest BCUT2D eigenvalue weighted by atomic mass is 10.2. The highest BCUT2D eigenvalue weighted by atomic mass is 32.1. The number of hydrogen-bond acceptors (Lipinski definition) is 3. The Labute approximate surface area is 87.7 Å². The van der Waals surface area contributed by atoms with Crippen LogP contribution in [0.2, 0.25) is 0 Å². The second-order valence-electron chi connectivity index (χ2n) is 3.47. The van der Waals surface area contributed by atoms with Gasteiger partial charge in [-0.25, -0.2) is 4.98 Å². The van der Waals surface area contributed by atoms with E-state index in [2.05, 4.69) is 29.2 Å². The lowest BCUT2D eigenvalue weighted by molar-refractivity contribution is 0.834. The SMILES string of the molecule is CC(C)c1csc(-c2ccncc2)n1. The van der Waals surface area contributed by atoms with Gasteiger partial charge in [0, 0.05) is 23.3 Å². The van der Waals surface area contributed by atoms with Crippen LogP contribution < -0.4 is 0 Å². The smallest absolute Gasteiger partial charge is 0.123 e. The lowest BCUT2D eigenvalue weighted by Crippen LogP contribution is -1.86. The van der Waals surface area contributed by atoms with Crippen molar-refractivity contribution in [3.63, 3.8) is 0 Å². The Kier molecular flexibility index (Phi) is 2.59. The van der Waals surface area contributed by atoms with Crippen molar-refractivity contribution in [1.82, 2.24) is 9.97 Å². The van der Waals surface area contributed by atoms with Gasteiger partial charge in [-0.15, -0.1) is 11.3 Å². The van der Waals surface area contributed by atoms with Gasteiger partial charge in [-0.2, -0.15) is 0 Å². The van der Waals surface area contributed by atoms with Gasteiger partial charge < -0.3 is 0 Å². The molecular formula is C11H12N2S. The molecule has 0 N–H and O–H groups in total. The van der Waals surface area contributed by atoms with E-state index in [0.717, 1.165) is 10.6 Å². The quantitative estimate of drug-likeness (QED) is 0.750. The third-order valence-corrected chi connectivity index (χ3v) is 2.95. The molecule has 2 heterocycles. The van der Waals surface area contributed by atoms with Crippen LogP contribution in [0.25, 0.3) is 10.6 Å². The fraction of sp³-hybridized carbons (Fsp3) is 0.273. The molecule has 0 aliphatic rings. The molecule has 0 saturated heterocycles. The lowest BCUT2D eigenvalue weighted by Gasteiger charge is -1.97. The Hall–Kier alpha value is -1.22. The normalized spacial score (nSPS) is 10.8. The van der Waals surface area contributed by atoms with E-state index in [1.807, 2.05) is 12.1 Å². The molecule has 0 saturated carbocycles. The summed E-state index contributed by atoms with van der Waals surface area (Å²) in [5, 5.41) is 3.21. The molecular weight excluding hydrogens is 192 g/mol. The predicted molar refractivity (Wildman–Crippen MR) is 59.4 cm³/mol. The minimum atomic E-state index is 0.502. The summed E-state index contributed by atoms with van der Waals surface area (Å²) < 4.78 is 0. The Balaban J connectivity index is 2.34. The number of nitrogens with zero attached hydrogens (tertiary/aromatic N) is 2. The van der Waals surface area contributed by atoms with Crippen molar-refractivity contribution >= 4 is 11.3 Å². The number of pyridine rings is 1. The standard InChI is InChI=1S/C11H12N2S/c1-8(2)10-7-14-11(13-10)9-3-5-12-6-4-9/h3-8H,1-2H3. The van der Waals surface area contributed by atoms with E-state index in [0.29, 0.717) is 5.92 Å². The first-order valence-corrected chi connectivity index (χ1v) is 5.51. The van der Waals surface area contributed by atoms with E-state index in [9.17, 15) is 0 Å². The highest BCUT2D eigenvalue weighted by Crippen LogP contribution is 2.25. The molecule has 0 aliphatic carbocycles. The van der Waals surface area contributed by atoms with E-state index < -0.39 is 0 Å². The Bertz CT molecular complexity index is 406. The fourth-order valence-corrected chi connectivity index (χ4v) is 2.17.